The van der Waals surface area contributed by atoms with Gasteiger partial charge in [-0.1, -0.05) is 13.8 Å². The van der Waals surface area contributed by atoms with Crippen LogP contribution in [-0.4, -0.2) is 30.0 Å². The van der Waals surface area contributed by atoms with E-state index in [1.807, 2.05) is 6.92 Å². The summed E-state index contributed by atoms with van der Waals surface area (Å²) in [6.07, 6.45) is 0. The number of hydrogen-bond acceptors (Lipinski definition) is 4. The third kappa shape index (κ3) is 3.89. The van der Waals surface area contributed by atoms with Gasteiger partial charge in [-0.05, 0) is 31.0 Å². The highest BCUT2D eigenvalue weighted by Crippen LogP contribution is 2.28. The van der Waals surface area contributed by atoms with Gasteiger partial charge in [0.1, 0.15) is 11.5 Å². The van der Waals surface area contributed by atoms with Crippen molar-refractivity contribution in [3.63, 3.8) is 0 Å². The zero-order valence-electron chi connectivity index (χ0n) is 11.5. The Kier molecular flexibility index (Phi) is 5.44. The molecule has 0 aromatic heterocycles. The molecule has 0 aliphatic heterocycles. The highest BCUT2D eigenvalue weighted by molar-refractivity contribution is 5.40. The molecule has 0 aliphatic carbocycles. The molecule has 2 unspecified atom stereocenters. The highest BCUT2D eigenvalue weighted by Gasteiger charge is 2.18. The summed E-state index contributed by atoms with van der Waals surface area (Å²) in [7, 11) is 1.67. The fraction of sp³-hybridized carbons (Fsp3) is 0.571. The molecule has 102 valence electrons. The van der Waals surface area contributed by atoms with Crippen LogP contribution in [-0.2, 0) is 4.74 Å². The van der Waals surface area contributed by atoms with Gasteiger partial charge in [0.05, 0.1) is 6.61 Å². The highest BCUT2D eigenvalue weighted by atomic mass is 16.5. The summed E-state index contributed by atoms with van der Waals surface area (Å²) in [5.41, 5.74) is 0.691. The van der Waals surface area contributed by atoms with E-state index in [0.29, 0.717) is 18.1 Å². The number of phenols is 2. The van der Waals surface area contributed by atoms with Gasteiger partial charge in [0.25, 0.3) is 0 Å². The molecular formula is C14H23NO3. The van der Waals surface area contributed by atoms with Crippen molar-refractivity contribution in [2.75, 3.05) is 13.7 Å². The summed E-state index contributed by atoms with van der Waals surface area (Å²) in [5.74, 6) is 0.767. The van der Waals surface area contributed by atoms with Gasteiger partial charge in [0, 0.05) is 24.8 Å². The van der Waals surface area contributed by atoms with Crippen molar-refractivity contribution in [2.45, 2.75) is 32.9 Å². The van der Waals surface area contributed by atoms with Gasteiger partial charge in [0.2, 0.25) is 0 Å². The number of hydrogen-bond donors (Lipinski definition) is 3. The lowest BCUT2D eigenvalue weighted by Gasteiger charge is -2.26. The first-order valence-electron chi connectivity index (χ1n) is 6.22. The van der Waals surface area contributed by atoms with E-state index in [-0.39, 0.29) is 23.6 Å². The molecule has 1 rings (SSSR count). The van der Waals surface area contributed by atoms with Crippen LogP contribution < -0.4 is 5.32 Å². The number of ether oxygens (including phenoxy) is 1. The standard InChI is InChI=1S/C14H23NO3/c1-9(2)13(8-18-4)15-10(3)12-7-11(16)5-6-14(12)17/h5-7,9-10,13,15-17H,8H2,1-4H3. The smallest absolute Gasteiger partial charge is 0.120 e. The second-order valence-corrected chi connectivity index (χ2v) is 4.94. The van der Waals surface area contributed by atoms with Crippen molar-refractivity contribution in [3.8, 4) is 11.5 Å². The Bertz CT molecular complexity index is 379. The van der Waals surface area contributed by atoms with Crippen molar-refractivity contribution in [1.29, 1.82) is 0 Å². The Morgan fingerprint density at radius 1 is 1.22 bits per heavy atom. The van der Waals surface area contributed by atoms with Gasteiger partial charge in [-0.3, -0.25) is 0 Å². The Labute approximate surface area is 109 Å². The largest absolute Gasteiger partial charge is 0.508 e. The molecule has 2 atom stereocenters. The molecule has 4 nitrogen and oxygen atoms in total. The quantitative estimate of drug-likeness (QED) is 0.681. The molecule has 3 N–H and O–H groups in total. The molecule has 0 bridgehead atoms. The predicted molar refractivity (Wildman–Crippen MR) is 71.8 cm³/mol. The maximum atomic E-state index is 9.80. The normalized spacial score (nSPS) is 14.7. The molecule has 1 aromatic carbocycles. The SMILES string of the molecule is COCC(NC(C)c1cc(O)ccc1O)C(C)C. The van der Waals surface area contributed by atoms with Gasteiger partial charge >= 0.3 is 0 Å². The van der Waals surface area contributed by atoms with Crippen molar-refractivity contribution >= 4 is 0 Å². The van der Waals surface area contributed by atoms with Crippen molar-refractivity contribution < 1.29 is 14.9 Å². The molecule has 0 radical (unpaired) electrons. The lowest BCUT2D eigenvalue weighted by Crippen LogP contribution is -2.39. The van der Waals surface area contributed by atoms with Crippen LogP contribution in [0.2, 0.25) is 0 Å². The Hall–Kier alpha value is -1.26. The molecule has 0 spiro atoms. The zero-order valence-corrected chi connectivity index (χ0v) is 11.5. The average Bonchev–Trinajstić information content (AvgIpc) is 2.31. The number of aromatic hydroxyl groups is 2. The minimum absolute atomic E-state index is 0.0559. The first-order chi connectivity index (χ1) is 8.45. The fourth-order valence-electron chi connectivity index (χ4n) is 1.91. The van der Waals surface area contributed by atoms with Crippen molar-refractivity contribution in [3.05, 3.63) is 23.8 Å². The Morgan fingerprint density at radius 3 is 2.44 bits per heavy atom. The second-order valence-electron chi connectivity index (χ2n) is 4.94. The summed E-state index contributed by atoms with van der Waals surface area (Å²) in [4.78, 5) is 0. The topological polar surface area (TPSA) is 61.7 Å². The van der Waals surface area contributed by atoms with E-state index in [1.165, 1.54) is 12.1 Å². The van der Waals surface area contributed by atoms with Crippen LogP contribution in [0.4, 0.5) is 0 Å². The van der Waals surface area contributed by atoms with E-state index in [2.05, 4.69) is 19.2 Å². The van der Waals surface area contributed by atoms with Gasteiger partial charge in [0.15, 0.2) is 0 Å². The summed E-state index contributed by atoms with van der Waals surface area (Å²) in [6, 6.07) is 4.70. The lowest BCUT2D eigenvalue weighted by atomic mass is 10.0. The van der Waals surface area contributed by atoms with Crippen LogP contribution >= 0.6 is 0 Å². The third-order valence-electron chi connectivity index (χ3n) is 3.09. The molecule has 18 heavy (non-hydrogen) atoms. The van der Waals surface area contributed by atoms with E-state index in [4.69, 9.17) is 4.74 Å². The van der Waals surface area contributed by atoms with Crippen LogP contribution in [0.5, 0.6) is 11.5 Å². The lowest BCUT2D eigenvalue weighted by molar-refractivity contribution is 0.141. The van der Waals surface area contributed by atoms with E-state index in [9.17, 15) is 10.2 Å². The second kappa shape index (κ2) is 6.61. The Balaban J connectivity index is 2.79. The van der Waals surface area contributed by atoms with Crippen LogP contribution in [0.3, 0.4) is 0 Å². The summed E-state index contributed by atoms with van der Waals surface area (Å²) >= 11 is 0. The van der Waals surface area contributed by atoms with Crippen molar-refractivity contribution in [2.24, 2.45) is 5.92 Å². The number of rotatable bonds is 6. The maximum Gasteiger partial charge on any atom is 0.120 e. The number of methoxy groups -OCH3 is 1. The van der Waals surface area contributed by atoms with Crippen molar-refractivity contribution in [1.82, 2.24) is 5.32 Å². The first kappa shape index (κ1) is 14.8. The molecule has 0 heterocycles. The minimum atomic E-state index is -0.0559. The molecule has 1 aromatic rings. The molecule has 0 aliphatic rings. The van der Waals surface area contributed by atoms with Crippen LogP contribution in [0.25, 0.3) is 0 Å². The average molecular weight is 253 g/mol. The molecule has 0 saturated heterocycles. The van der Waals surface area contributed by atoms with E-state index >= 15 is 0 Å². The van der Waals surface area contributed by atoms with E-state index in [1.54, 1.807) is 13.2 Å². The monoisotopic (exact) mass is 253 g/mol. The summed E-state index contributed by atoms with van der Waals surface area (Å²) in [6.45, 7) is 6.80. The molecular weight excluding hydrogens is 230 g/mol. The number of benzene rings is 1. The van der Waals surface area contributed by atoms with Gasteiger partial charge in [-0.15, -0.1) is 0 Å². The van der Waals surface area contributed by atoms with Crippen LogP contribution in [0.1, 0.15) is 32.4 Å². The summed E-state index contributed by atoms with van der Waals surface area (Å²) in [5, 5.41) is 22.7. The minimum Gasteiger partial charge on any atom is -0.508 e. The number of nitrogens with one attached hydrogen (secondary N) is 1. The van der Waals surface area contributed by atoms with Crippen LogP contribution in [0, 0.1) is 5.92 Å². The third-order valence-corrected chi connectivity index (χ3v) is 3.09. The zero-order chi connectivity index (χ0) is 13.7. The molecule has 4 heteroatoms. The van der Waals surface area contributed by atoms with Crippen LogP contribution in [0.15, 0.2) is 18.2 Å². The maximum absolute atomic E-state index is 9.80. The van der Waals surface area contributed by atoms with E-state index < -0.39 is 0 Å². The fourth-order valence-corrected chi connectivity index (χ4v) is 1.91. The number of phenolic OH excluding ortho intramolecular Hbond substituents is 2. The van der Waals surface area contributed by atoms with Gasteiger partial charge in [-0.25, -0.2) is 0 Å². The first-order valence-corrected chi connectivity index (χ1v) is 6.22. The molecule has 0 saturated carbocycles. The van der Waals surface area contributed by atoms with Gasteiger partial charge in [-0.2, -0.15) is 0 Å². The van der Waals surface area contributed by atoms with Gasteiger partial charge < -0.3 is 20.3 Å². The predicted octanol–water partition coefficient (Wildman–Crippen LogP) is 2.42. The van der Waals surface area contributed by atoms with E-state index in [0.717, 1.165) is 0 Å². The Morgan fingerprint density at radius 2 is 1.89 bits per heavy atom. The molecule has 0 fully saturated rings. The molecule has 0 amide bonds. The summed E-state index contributed by atoms with van der Waals surface area (Å²) < 4.78 is 5.18.